The molecule has 0 spiro atoms. The average Bonchev–Trinajstić information content (AvgIpc) is 1.80. The maximum atomic E-state index is 5.17. The standard InChI is InChI=1S/C6H14OS2/c1-6(9)2-3-7-4-5-8/h6,8-9H,2-5H2,1H3. The van der Waals surface area contributed by atoms with Crippen molar-refractivity contribution in [2.24, 2.45) is 0 Å². The summed E-state index contributed by atoms with van der Waals surface area (Å²) in [5, 5.41) is 0.449. The minimum Gasteiger partial charge on any atom is -0.381 e. The van der Waals surface area contributed by atoms with Crippen molar-refractivity contribution in [2.45, 2.75) is 18.6 Å². The molecule has 0 saturated carbocycles. The molecule has 0 aromatic heterocycles. The van der Waals surface area contributed by atoms with Gasteiger partial charge in [0.15, 0.2) is 0 Å². The Balaban J connectivity index is 2.75. The van der Waals surface area contributed by atoms with Crippen LogP contribution in [0.2, 0.25) is 0 Å². The average molecular weight is 166 g/mol. The molecule has 0 aliphatic rings. The molecule has 3 heteroatoms. The SMILES string of the molecule is CC(S)CCOCCS. The fourth-order valence-electron chi connectivity index (χ4n) is 0.421. The monoisotopic (exact) mass is 166 g/mol. The molecule has 0 bridgehead atoms. The Morgan fingerprint density at radius 3 is 2.56 bits per heavy atom. The molecule has 0 aromatic carbocycles. The minimum absolute atomic E-state index is 0.449. The predicted octanol–water partition coefficient (Wildman–Crippen LogP) is 1.64. The molecule has 0 heterocycles. The van der Waals surface area contributed by atoms with Crippen molar-refractivity contribution in [3.8, 4) is 0 Å². The zero-order valence-corrected chi connectivity index (χ0v) is 7.50. The number of hydrogen-bond acceptors (Lipinski definition) is 3. The summed E-state index contributed by atoms with van der Waals surface area (Å²) in [6.07, 6.45) is 1.02. The van der Waals surface area contributed by atoms with Crippen molar-refractivity contribution in [1.29, 1.82) is 0 Å². The highest BCUT2D eigenvalue weighted by atomic mass is 32.1. The van der Waals surface area contributed by atoms with E-state index in [2.05, 4.69) is 32.2 Å². The first-order valence-corrected chi connectivity index (χ1v) is 4.29. The summed E-state index contributed by atoms with van der Waals surface area (Å²) in [5.74, 6) is 0.807. The van der Waals surface area contributed by atoms with Crippen LogP contribution < -0.4 is 0 Å². The molecular formula is C6H14OS2. The second kappa shape index (κ2) is 6.78. The first-order valence-electron chi connectivity index (χ1n) is 3.14. The quantitative estimate of drug-likeness (QED) is 0.466. The maximum Gasteiger partial charge on any atom is 0.0554 e. The van der Waals surface area contributed by atoms with Crippen LogP contribution in [0.15, 0.2) is 0 Å². The highest BCUT2D eigenvalue weighted by Gasteiger charge is 1.92. The van der Waals surface area contributed by atoms with E-state index in [1.807, 2.05) is 0 Å². The number of ether oxygens (including phenoxy) is 1. The summed E-state index contributed by atoms with van der Waals surface area (Å²) in [6, 6.07) is 0. The van der Waals surface area contributed by atoms with Gasteiger partial charge in [0, 0.05) is 17.6 Å². The molecule has 56 valence electrons. The van der Waals surface area contributed by atoms with E-state index in [-0.39, 0.29) is 0 Å². The number of thiol groups is 2. The molecule has 0 aliphatic carbocycles. The van der Waals surface area contributed by atoms with Crippen molar-refractivity contribution in [1.82, 2.24) is 0 Å². The Hall–Kier alpha value is 0.660. The molecule has 0 fully saturated rings. The van der Waals surface area contributed by atoms with Crippen LogP contribution in [0.5, 0.6) is 0 Å². The second-order valence-electron chi connectivity index (χ2n) is 1.97. The third-order valence-electron chi connectivity index (χ3n) is 0.916. The lowest BCUT2D eigenvalue weighted by molar-refractivity contribution is 0.148. The summed E-state index contributed by atoms with van der Waals surface area (Å²) in [6.45, 7) is 3.63. The Labute approximate surface area is 68.0 Å². The molecule has 1 atom stereocenters. The predicted molar refractivity (Wildman–Crippen MR) is 47.7 cm³/mol. The van der Waals surface area contributed by atoms with Gasteiger partial charge >= 0.3 is 0 Å². The summed E-state index contributed by atoms with van der Waals surface area (Å²) in [7, 11) is 0. The van der Waals surface area contributed by atoms with E-state index in [1.165, 1.54) is 0 Å². The van der Waals surface area contributed by atoms with Gasteiger partial charge in [-0.2, -0.15) is 25.3 Å². The van der Waals surface area contributed by atoms with Crippen LogP contribution in [0, 0.1) is 0 Å². The van der Waals surface area contributed by atoms with Gasteiger partial charge in [-0.05, 0) is 6.42 Å². The van der Waals surface area contributed by atoms with Crippen LogP contribution >= 0.6 is 25.3 Å². The van der Waals surface area contributed by atoms with E-state index in [0.717, 1.165) is 25.4 Å². The molecule has 1 unspecified atom stereocenters. The van der Waals surface area contributed by atoms with Crippen molar-refractivity contribution in [3.05, 3.63) is 0 Å². The van der Waals surface area contributed by atoms with E-state index in [0.29, 0.717) is 5.25 Å². The van der Waals surface area contributed by atoms with Crippen molar-refractivity contribution >= 4 is 25.3 Å². The smallest absolute Gasteiger partial charge is 0.0554 e. The van der Waals surface area contributed by atoms with E-state index in [4.69, 9.17) is 4.74 Å². The summed E-state index contributed by atoms with van der Waals surface area (Å²) in [4.78, 5) is 0. The molecule has 0 N–H and O–H groups in total. The molecule has 0 saturated heterocycles. The third kappa shape index (κ3) is 8.66. The lowest BCUT2D eigenvalue weighted by Crippen LogP contribution is -2.02. The molecule has 0 rings (SSSR count). The number of hydrogen-bond donors (Lipinski definition) is 2. The van der Waals surface area contributed by atoms with Crippen LogP contribution in [0.3, 0.4) is 0 Å². The Bertz CT molecular complexity index is 57.0. The molecule has 0 aliphatic heterocycles. The maximum absolute atomic E-state index is 5.17. The normalized spacial score (nSPS) is 13.7. The molecule has 0 amide bonds. The van der Waals surface area contributed by atoms with Gasteiger partial charge in [-0.3, -0.25) is 0 Å². The minimum atomic E-state index is 0.449. The Morgan fingerprint density at radius 1 is 1.44 bits per heavy atom. The topological polar surface area (TPSA) is 9.23 Å². The Kier molecular flexibility index (Phi) is 7.27. The lowest BCUT2D eigenvalue weighted by Gasteiger charge is -2.03. The fraction of sp³-hybridized carbons (Fsp3) is 1.00. The van der Waals surface area contributed by atoms with Crippen LogP contribution in [0.4, 0.5) is 0 Å². The van der Waals surface area contributed by atoms with Gasteiger partial charge in [-0.15, -0.1) is 0 Å². The molecule has 0 radical (unpaired) electrons. The van der Waals surface area contributed by atoms with Gasteiger partial charge in [0.2, 0.25) is 0 Å². The van der Waals surface area contributed by atoms with Crippen molar-refractivity contribution in [3.63, 3.8) is 0 Å². The summed E-state index contributed by atoms with van der Waals surface area (Å²) in [5.41, 5.74) is 0. The van der Waals surface area contributed by atoms with Crippen LogP contribution in [0.25, 0.3) is 0 Å². The second-order valence-corrected chi connectivity index (χ2v) is 3.30. The van der Waals surface area contributed by atoms with Crippen LogP contribution in [0.1, 0.15) is 13.3 Å². The van der Waals surface area contributed by atoms with Gasteiger partial charge in [0.1, 0.15) is 0 Å². The van der Waals surface area contributed by atoms with Crippen molar-refractivity contribution in [2.75, 3.05) is 19.0 Å². The van der Waals surface area contributed by atoms with E-state index >= 15 is 0 Å². The van der Waals surface area contributed by atoms with Gasteiger partial charge in [-0.1, -0.05) is 6.92 Å². The Morgan fingerprint density at radius 2 is 2.11 bits per heavy atom. The van der Waals surface area contributed by atoms with Crippen molar-refractivity contribution < 1.29 is 4.74 Å². The number of rotatable bonds is 5. The van der Waals surface area contributed by atoms with Gasteiger partial charge in [0.05, 0.1) is 6.61 Å². The van der Waals surface area contributed by atoms with E-state index in [1.54, 1.807) is 0 Å². The van der Waals surface area contributed by atoms with Gasteiger partial charge in [-0.25, -0.2) is 0 Å². The zero-order chi connectivity index (χ0) is 7.11. The van der Waals surface area contributed by atoms with Crippen LogP contribution in [-0.2, 0) is 4.74 Å². The van der Waals surface area contributed by atoms with E-state index < -0.39 is 0 Å². The largest absolute Gasteiger partial charge is 0.381 e. The molecule has 9 heavy (non-hydrogen) atoms. The van der Waals surface area contributed by atoms with Gasteiger partial charge in [0.25, 0.3) is 0 Å². The zero-order valence-electron chi connectivity index (χ0n) is 5.71. The van der Waals surface area contributed by atoms with Gasteiger partial charge < -0.3 is 4.74 Å². The van der Waals surface area contributed by atoms with Crippen LogP contribution in [-0.4, -0.2) is 24.2 Å². The highest BCUT2D eigenvalue weighted by molar-refractivity contribution is 7.80. The lowest BCUT2D eigenvalue weighted by atomic mass is 10.3. The first kappa shape index (κ1) is 9.66. The first-order chi connectivity index (χ1) is 4.27. The molecule has 1 nitrogen and oxygen atoms in total. The fourth-order valence-corrected chi connectivity index (χ4v) is 0.655. The summed E-state index contributed by atoms with van der Waals surface area (Å²) >= 11 is 8.20. The third-order valence-corrected chi connectivity index (χ3v) is 1.36. The molecule has 0 aromatic rings. The highest BCUT2D eigenvalue weighted by Crippen LogP contribution is 1.98. The molecular weight excluding hydrogens is 152 g/mol. The summed E-state index contributed by atoms with van der Waals surface area (Å²) < 4.78 is 5.17. The van der Waals surface area contributed by atoms with E-state index in [9.17, 15) is 0 Å².